The molecule has 1 heterocycles. The van der Waals surface area contributed by atoms with Crippen LogP contribution in [0.2, 0.25) is 0 Å². The molecule has 0 aromatic carbocycles. The molecule has 19 heavy (non-hydrogen) atoms. The highest BCUT2D eigenvalue weighted by atomic mass is 32.1. The van der Waals surface area contributed by atoms with Crippen molar-refractivity contribution in [2.24, 2.45) is 0 Å². The number of halogens is 3. The summed E-state index contributed by atoms with van der Waals surface area (Å²) >= 11 is 0.937. The second-order valence-electron chi connectivity index (χ2n) is 3.43. The molecule has 0 bridgehead atoms. The van der Waals surface area contributed by atoms with Crippen molar-refractivity contribution in [3.05, 3.63) is 16.3 Å². The molecule has 0 spiro atoms. The van der Waals surface area contributed by atoms with Gasteiger partial charge in [0.2, 0.25) is 5.91 Å². The van der Waals surface area contributed by atoms with E-state index in [0.717, 1.165) is 11.3 Å². The average Bonchev–Trinajstić information content (AvgIpc) is 2.71. The predicted octanol–water partition coefficient (Wildman–Crippen LogP) is 2.35. The minimum absolute atomic E-state index is 0.0374. The minimum Gasteiger partial charge on any atom is -0.477 e. The first-order chi connectivity index (χ1) is 8.79. The Morgan fingerprint density at radius 2 is 2.11 bits per heavy atom. The Hall–Kier alpha value is -1.61. The van der Waals surface area contributed by atoms with Crippen molar-refractivity contribution < 1.29 is 32.6 Å². The Bertz CT molecular complexity index is 458. The molecule has 0 aliphatic carbocycles. The van der Waals surface area contributed by atoms with E-state index >= 15 is 0 Å². The third-order valence-electron chi connectivity index (χ3n) is 1.87. The maximum absolute atomic E-state index is 11.7. The molecule has 0 atom stereocenters. The zero-order valence-electron chi connectivity index (χ0n) is 9.49. The summed E-state index contributed by atoms with van der Waals surface area (Å²) < 4.78 is 39.5. The van der Waals surface area contributed by atoms with Crippen LogP contribution in [0.25, 0.3) is 0 Å². The number of hydrogen-bond acceptors (Lipinski definition) is 4. The van der Waals surface area contributed by atoms with Gasteiger partial charge in [-0.15, -0.1) is 11.3 Å². The van der Waals surface area contributed by atoms with Crippen LogP contribution in [0.15, 0.2) is 11.4 Å². The van der Waals surface area contributed by atoms with Gasteiger partial charge in [-0.2, -0.15) is 13.2 Å². The largest absolute Gasteiger partial charge is 0.477 e. The van der Waals surface area contributed by atoms with E-state index in [4.69, 9.17) is 5.11 Å². The summed E-state index contributed by atoms with van der Waals surface area (Å²) in [5, 5.41) is 12.6. The first-order valence-corrected chi connectivity index (χ1v) is 5.92. The number of alkyl halides is 3. The van der Waals surface area contributed by atoms with Gasteiger partial charge in [-0.1, -0.05) is 0 Å². The fraction of sp³-hybridized carbons (Fsp3) is 0.400. The van der Waals surface area contributed by atoms with Crippen LogP contribution >= 0.6 is 11.3 Å². The maximum Gasteiger partial charge on any atom is 0.411 e. The lowest BCUT2D eigenvalue weighted by Crippen LogP contribution is -2.20. The number of hydrogen-bond donors (Lipinski definition) is 2. The number of anilines is 1. The number of carbonyl (C=O) groups excluding carboxylic acids is 1. The molecule has 0 aliphatic rings. The minimum atomic E-state index is -4.43. The highest BCUT2D eigenvalue weighted by Gasteiger charge is 2.27. The molecule has 1 rings (SSSR count). The van der Waals surface area contributed by atoms with Crippen LogP contribution in [0.1, 0.15) is 16.1 Å². The van der Waals surface area contributed by atoms with E-state index in [1.165, 1.54) is 11.4 Å². The van der Waals surface area contributed by atoms with Gasteiger partial charge in [0.15, 0.2) is 0 Å². The van der Waals surface area contributed by atoms with Gasteiger partial charge in [0, 0.05) is 0 Å². The average molecular weight is 297 g/mol. The van der Waals surface area contributed by atoms with Crippen LogP contribution in [0, 0.1) is 0 Å². The molecule has 9 heteroatoms. The summed E-state index contributed by atoms with van der Waals surface area (Å²) in [5.74, 6) is -1.79. The Morgan fingerprint density at radius 1 is 1.42 bits per heavy atom. The second-order valence-corrected chi connectivity index (χ2v) is 4.35. The Labute approximate surface area is 110 Å². The summed E-state index contributed by atoms with van der Waals surface area (Å²) in [6, 6.07) is 1.41. The molecule has 1 amide bonds. The van der Waals surface area contributed by atoms with E-state index in [1.54, 1.807) is 0 Å². The van der Waals surface area contributed by atoms with Gasteiger partial charge in [0.05, 0.1) is 18.7 Å². The number of aromatic carboxylic acids is 1. The molecule has 0 fully saturated rings. The summed E-state index contributed by atoms with van der Waals surface area (Å²) in [5.41, 5.74) is 0.123. The van der Waals surface area contributed by atoms with Gasteiger partial charge in [-0.25, -0.2) is 4.79 Å². The van der Waals surface area contributed by atoms with Crippen LogP contribution in [-0.4, -0.2) is 36.4 Å². The zero-order chi connectivity index (χ0) is 14.5. The number of carbonyl (C=O) groups is 2. The zero-order valence-corrected chi connectivity index (χ0v) is 10.3. The molecular formula is C10H10F3NO4S. The smallest absolute Gasteiger partial charge is 0.411 e. The number of carboxylic acid groups (broad SMARTS) is 1. The molecule has 0 saturated carbocycles. The van der Waals surface area contributed by atoms with Crippen molar-refractivity contribution in [3.63, 3.8) is 0 Å². The quantitative estimate of drug-likeness (QED) is 0.790. The van der Waals surface area contributed by atoms with Crippen LogP contribution in [-0.2, 0) is 9.53 Å². The van der Waals surface area contributed by atoms with Gasteiger partial charge in [-0.3, -0.25) is 4.79 Å². The lowest BCUT2D eigenvalue weighted by atomic mass is 10.3. The third kappa shape index (κ3) is 5.71. The lowest BCUT2D eigenvalue weighted by Gasteiger charge is -2.07. The maximum atomic E-state index is 11.7. The number of ether oxygens (including phenoxy) is 1. The summed E-state index contributed by atoms with van der Waals surface area (Å²) in [4.78, 5) is 22.1. The van der Waals surface area contributed by atoms with Crippen LogP contribution in [0.3, 0.4) is 0 Å². The first kappa shape index (κ1) is 15.4. The summed E-state index contributed by atoms with van der Waals surface area (Å²) in [6.45, 7) is -1.81. The topological polar surface area (TPSA) is 75.6 Å². The van der Waals surface area contributed by atoms with Crippen molar-refractivity contribution in [3.8, 4) is 0 Å². The fourth-order valence-electron chi connectivity index (χ4n) is 1.14. The molecule has 106 valence electrons. The molecule has 5 nitrogen and oxygen atoms in total. The standard InChI is InChI=1S/C10H10F3NO4S/c11-10(12,13)5-18-3-1-7(15)14-6-2-4-19-8(6)9(16)17/h2,4H,1,3,5H2,(H,14,15)(H,16,17). The van der Waals surface area contributed by atoms with E-state index in [9.17, 15) is 22.8 Å². The van der Waals surface area contributed by atoms with Crippen molar-refractivity contribution >= 4 is 28.9 Å². The summed E-state index contributed by atoms with van der Waals surface area (Å²) in [6.07, 6.45) is -4.72. The molecule has 0 unspecified atom stereocenters. The Kier molecular flexibility index (Phi) is 5.31. The number of amides is 1. The van der Waals surface area contributed by atoms with Crippen molar-refractivity contribution in [2.45, 2.75) is 12.6 Å². The first-order valence-electron chi connectivity index (χ1n) is 5.05. The fourth-order valence-corrected chi connectivity index (χ4v) is 1.83. The summed E-state index contributed by atoms with van der Waals surface area (Å²) in [7, 11) is 0. The van der Waals surface area contributed by atoms with E-state index in [-0.39, 0.29) is 17.0 Å². The van der Waals surface area contributed by atoms with E-state index in [2.05, 4.69) is 10.1 Å². The van der Waals surface area contributed by atoms with Gasteiger partial charge in [0.25, 0.3) is 0 Å². The monoisotopic (exact) mass is 297 g/mol. The van der Waals surface area contributed by atoms with E-state index < -0.39 is 31.3 Å². The molecule has 0 aliphatic heterocycles. The van der Waals surface area contributed by atoms with Gasteiger partial charge in [0.1, 0.15) is 11.5 Å². The van der Waals surface area contributed by atoms with E-state index in [1.807, 2.05) is 0 Å². The Balaban J connectivity index is 2.35. The van der Waals surface area contributed by atoms with Gasteiger partial charge in [-0.05, 0) is 11.4 Å². The van der Waals surface area contributed by atoms with Crippen LogP contribution in [0.5, 0.6) is 0 Å². The second kappa shape index (κ2) is 6.53. The number of nitrogens with one attached hydrogen (secondary N) is 1. The molecule has 1 aromatic heterocycles. The molecule has 1 aromatic rings. The van der Waals surface area contributed by atoms with Crippen LogP contribution < -0.4 is 5.32 Å². The molecular weight excluding hydrogens is 287 g/mol. The highest BCUT2D eigenvalue weighted by Crippen LogP contribution is 2.22. The third-order valence-corrected chi connectivity index (χ3v) is 2.78. The number of rotatable bonds is 6. The van der Waals surface area contributed by atoms with Crippen molar-refractivity contribution in [1.82, 2.24) is 0 Å². The molecule has 2 N–H and O–H groups in total. The van der Waals surface area contributed by atoms with E-state index in [0.29, 0.717) is 0 Å². The highest BCUT2D eigenvalue weighted by molar-refractivity contribution is 7.12. The van der Waals surface area contributed by atoms with Crippen molar-refractivity contribution in [1.29, 1.82) is 0 Å². The SMILES string of the molecule is O=C(CCOCC(F)(F)F)Nc1ccsc1C(=O)O. The normalized spacial score (nSPS) is 11.3. The van der Waals surface area contributed by atoms with Gasteiger partial charge < -0.3 is 15.2 Å². The molecule has 0 radical (unpaired) electrons. The van der Waals surface area contributed by atoms with Gasteiger partial charge >= 0.3 is 12.1 Å². The number of carboxylic acids is 1. The predicted molar refractivity (Wildman–Crippen MR) is 61.4 cm³/mol. The number of thiophene rings is 1. The lowest BCUT2D eigenvalue weighted by molar-refractivity contribution is -0.174. The Morgan fingerprint density at radius 3 is 2.68 bits per heavy atom. The molecule has 0 saturated heterocycles. The van der Waals surface area contributed by atoms with Crippen molar-refractivity contribution in [2.75, 3.05) is 18.5 Å². The van der Waals surface area contributed by atoms with Crippen LogP contribution in [0.4, 0.5) is 18.9 Å².